The zero-order valence-electron chi connectivity index (χ0n) is 7.07. The van der Waals surface area contributed by atoms with Gasteiger partial charge >= 0.3 is 0 Å². The quantitative estimate of drug-likeness (QED) is 0.618. The van der Waals surface area contributed by atoms with E-state index < -0.39 is 0 Å². The van der Waals surface area contributed by atoms with E-state index in [4.69, 9.17) is 5.11 Å². The van der Waals surface area contributed by atoms with Crippen LogP contribution >= 0.6 is 0 Å². The van der Waals surface area contributed by atoms with Gasteiger partial charge in [0.25, 0.3) is 0 Å². The number of hydrogen-bond donors (Lipinski definition) is 1. The Balaban J connectivity index is 3.18. The van der Waals surface area contributed by atoms with Crippen LogP contribution in [0.15, 0.2) is 48.5 Å². The summed E-state index contributed by atoms with van der Waals surface area (Å²) in [6.07, 6.45) is 0. The molecule has 0 aliphatic carbocycles. The highest BCUT2D eigenvalue weighted by atomic mass is 16.3. The second-order valence-corrected chi connectivity index (χ2v) is 2.61. The minimum Gasteiger partial charge on any atom is -0.508 e. The summed E-state index contributed by atoms with van der Waals surface area (Å²) in [4.78, 5) is 0. The summed E-state index contributed by atoms with van der Waals surface area (Å²) in [5.74, 6) is 0.267. The first-order valence-corrected chi connectivity index (χ1v) is 3.88. The lowest BCUT2D eigenvalue weighted by molar-refractivity contribution is 0.476. The van der Waals surface area contributed by atoms with Crippen LogP contribution in [-0.4, -0.2) is 5.11 Å². The molecule has 0 atom stereocenters. The van der Waals surface area contributed by atoms with E-state index >= 15 is 0 Å². The lowest BCUT2D eigenvalue weighted by Gasteiger charge is -1.83. The Bertz CT molecular complexity index is 244. The normalized spacial score (nSPS) is 8.75. The van der Waals surface area contributed by atoms with Crippen molar-refractivity contribution >= 4 is 0 Å². The van der Waals surface area contributed by atoms with Gasteiger partial charge in [-0.15, -0.1) is 0 Å². The van der Waals surface area contributed by atoms with Gasteiger partial charge in [0, 0.05) is 0 Å². The Morgan fingerprint density at radius 3 is 1.75 bits per heavy atom. The van der Waals surface area contributed by atoms with E-state index in [0.29, 0.717) is 0 Å². The maximum atomic E-state index is 9.17. The average Bonchev–Trinajstić information content (AvgIpc) is 2.06. The smallest absolute Gasteiger partial charge is 0.115 e. The third kappa shape index (κ3) is 3.06. The van der Waals surface area contributed by atoms with Crippen molar-refractivity contribution in [1.82, 2.24) is 0 Å². The summed E-state index contributed by atoms with van der Waals surface area (Å²) in [6, 6.07) is 14.7. The highest BCUT2D eigenvalue weighted by Crippen LogP contribution is 2.01. The van der Waals surface area contributed by atoms with E-state index in [2.05, 4.69) is 0 Å². The zero-order chi connectivity index (χ0) is 8.81. The summed E-state index contributed by atoms with van der Waals surface area (Å²) in [5, 5.41) is 9.17. The molecule has 0 spiro atoms. The van der Waals surface area contributed by atoms with Gasteiger partial charge in [-0.05, 0) is 19.1 Å². The van der Waals surface area contributed by atoms with Crippen LogP contribution < -0.4 is 0 Å². The van der Waals surface area contributed by atoms with Crippen LogP contribution in [0.5, 0.6) is 5.75 Å². The van der Waals surface area contributed by atoms with E-state index in [0.717, 1.165) is 0 Å². The van der Waals surface area contributed by atoms with Gasteiger partial charge in [0.1, 0.15) is 5.75 Å². The lowest BCUT2D eigenvalue weighted by Crippen LogP contribution is -1.61. The van der Waals surface area contributed by atoms with E-state index in [1.54, 1.807) is 12.1 Å². The first kappa shape index (κ1) is 8.60. The molecule has 0 aliphatic heterocycles. The van der Waals surface area contributed by atoms with Gasteiger partial charge in [-0.3, -0.25) is 0 Å². The van der Waals surface area contributed by atoms with Crippen molar-refractivity contribution in [2.75, 3.05) is 0 Å². The molecule has 0 radical (unpaired) electrons. The maximum absolute atomic E-state index is 9.17. The Labute approximate surface area is 72.6 Å². The van der Waals surface area contributed by atoms with E-state index in [-0.39, 0.29) is 5.75 Å². The highest BCUT2D eigenvalue weighted by molar-refractivity contribution is 5.18. The molecule has 0 bridgehead atoms. The topological polar surface area (TPSA) is 20.2 Å². The molecule has 0 aliphatic rings. The van der Waals surface area contributed by atoms with Gasteiger partial charge in [-0.2, -0.15) is 0 Å². The molecule has 1 heteroatoms. The number of aryl methyl sites for hydroxylation is 1. The second kappa shape index (κ2) is 4.39. The molecule has 0 unspecified atom stereocenters. The van der Waals surface area contributed by atoms with Gasteiger partial charge in [0.2, 0.25) is 0 Å². The van der Waals surface area contributed by atoms with Gasteiger partial charge in [0.15, 0.2) is 0 Å². The molecule has 0 fully saturated rings. The molecule has 62 valence electrons. The fourth-order valence-corrected chi connectivity index (χ4v) is 0.834. The van der Waals surface area contributed by atoms with Crippen LogP contribution in [0.3, 0.4) is 0 Å². The van der Waals surface area contributed by atoms with Crippen molar-refractivity contribution in [1.29, 1.82) is 0 Å². The molecule has 0 heterocycles. The fraction of sp³-hybridized carbons (Fsp3) is 0.0909. The Morgan fingerprint density at radius 2 is 1.25 bits per heavy atom. The Morgan fingerprint density at radius 1 is 0.833 bits per heavy atom. The van der Waals surface area contributed by atoms with E-state index in [1.807, 2.05) is 43.3 Å². The number of rotatable bonds is 0. The van der Waals surface area contributed by atoms with Gasteiger partial charge in [-0.25, -0.2) is 0 Å². The van der Waals surface area contributed by atoms with Crippen molar-refractivity contribution in [2.24, 2.45) is 0 Å². The monoisotopic (exact) mass is 160 g/mol. The molecule has 1 rings (SSSR count). The third-order valence-electron chi connectivity index (χ3n) is 1.47. The van der Waals surface area contributed by atoms with Crippen molar-refractivity contribution in [3.05, 3.63) is 54.1 Å². The summed E-state index contributed by atoms with van der Waals surface area (Å²) in [6.45, 7) is 2.03. The number of hydrogen-bond acceptors (Lipinski definition) is 1. The Kier molecular flexibility index (Phi) is 3.15. The molecular formula is C11H12O. The van der Waals surface area contributed by atoms with Crippen molar-refractivity contribution < 1.29 is 5.11 Å². The molecule has 1 aromatic carbocycles. The van der Waals surface area contributed by atoms with Crippen LogP contribution in [-0.2, 0) is 0 Å². The molecule has 0 saturated carbocycles. The van der Waals surface area contributed by atoms with Crippen LogP contribution in [0.4, 0.5) is 0 Å². The molecule has 0 aromatic heterocycles. The summed E-state index contributed by atoms with van der Waals surface area (Å²) in [5.41, 5.74) is 1.19. The van der Waals surface area contributed by atoms with Crippen molar-refractivity contribution in [2.45, 2.75) is 6.92 Å². The van der Waals surface area contributed by atoms with Gasteiger partial charge in [-0.1, -0.05) is 42.0 Å². The second-order valence-electron chi connectivity index (χ2n) is 2.61. The van der Waals surface area contributed by atoms with E-state index in [1.165, 1.54) is 5.56 Å². The minimum absolute atomic E-state index is 0.267. The molecule has 0 amide bonds. The summed E-state index contributed by atoms with van der Waals surface area (Å²) in [7, 11) is 0. The fourth-order valence-electron chi connectivity index (χ4n) is 0.834. The molecule has 1 N–H and O–H groups in total. The largest absolute Gasteiger partial charge is 0.508 e. The third-order valence-corrected chi connectivity index (χ3v) is 1.47. The standard InChI is InChI=1S/C11H12O/c1-10-6-2-4-8-11(12)9-5-3-7-10/h2-9,12H,1H3. The predicted octanol–water partition coefficient (Wildman–Crippen LogP) is 2.83. The first-order chi connectivity index (χ1) is 5.79. The first-order valence-electron chi connectivity index (χ1n) is 3.88. The predicted molar refractivity (Wildman–Crippen MR) is 50.5 cm³/mol. The SMILES string of the molecule is Cc1ccccc(O)cccc1. The van der Waals surface area contributed by atoms with Crippen molar-refractivity contribution in [3.63, 3.8) is 0 Å². The maximum Gasteiger partial charge on any atom is 0.115 e. The van der Waals surface area contributed by atoms with Crippen molar-refractivity contribution in [3.8, 4) is 5.75 Å². The summed E-state index contributed by atoms with van der Waals surface area (Å²) < 4.78 is 0. The van der Waals surface area contributed by atoms with Crippen LogP contribution in [0.25, 0.3) is 0 Å². The molecule has 1 aromatic rings. The zero-order valence-corrected chi connectivity index (χ0v) is 7.07. The van der Waals surface area contributed by atoms with Crippen LogP contribution in [0.2, 0.25) is 0 Å². The highest BCUT2D eigenvalue weighted by Gasteiger charge is 1.75. The molecule has 0 saturated heterocycles. The van der Waals surface area contributed by atoms with Gasteiger partial charge in [0.05, 0.1) is 0 Å². The summed E-state index contributed by atoms with van der Waals surface area (Å²) >= 11 is 0. The number of aromatic hydroxyl groups is 1. The molecule has 1 nitrogen and oxygen atoms in total. The van der Waals surface area contributed by atoms with Gasteiger partial charge < -0.3 is 5.11 Å². The van der Waals surface area contributed by atoms with E-state index in [9.17, 15) is 0 Å². The molecular weight excluding hydrogens is 148 g/mol. The van der Waals surface area contributed by atoms with Crippen LogP contribution in [0.1, 0.15) is 5.56 Å². The molecule has 12 heavy (non-hydrogen) atoms. The van der Waals surface area contributed by atoms with Crippen LogP contribution in [0, 0.1) is 6.92 Å². The Hall–Kier alpha value is -1.50. The minimum atomic E-state index is 0.267. The average molecular weight is 160 g/mol. The lowest BCUT2D eigenvalue weighted by atomic mass is 10.3.